The van der Waals surface area contributed by atoms with Crippen molar-refractivity contribution in [2.75, 3.05) is 39.8 Å². The predicted molar refractivity (Wildman–Crippen MR) is 103 cm³/mol. The van der Waals surface area contributed by atoms with Gasteiger partial charge in [-0.05, 0) is 37.9 Å². The molecule has 1 aliphatic carbocycles. The number of pyridine rings is 1. The van der Waals surface area contributed by atoms with Crippen LogP contribution < -0.4 is 0 Å². The average molecular weight is 354 g/mol. The first-order valence-corrected chi connectivity index (χ1v) is 9.95. The maximum absolute atomic E-state index is 13.6. The van der Waals surface area contributed by atoms with Gasteiger partial charge in [-0.25, -0.2) is 0 Å². The zero-order valence-electron chi connectivity index (χ0n) is 15.8. The molecule has 1 aromatic rings. The van der Waals surface area contributed by atoms with Gasteiger partial charge in [0.1, 0.15) is 0 Å². The van der Waals surface area contributed by atoms with Crippen LogP contribution in [0.5, 0.6) is 0 Å². The summed E-state index contributed by atoms with van der Waals surface area (Å²) in [5, 5.41) is 0. The maximum Gasteiger partial charge on any atom is 0.230 e. The van der Waals surface area contributed by atoms with E-state index >= 15 is 0 Å². The smallest absolute Gasteiger partial charge is 0.230 e. The second-order valence-corrected chi connectivity index (χ2v) is 8.13. The molecule has 1 saturated carbocycles. The van der Waals surface area contributed by atoms with E-state index < -0.39 is 0 Å². The first kappa shape index (κ1) is 17.7. The summed E-state index contributed by atoms with van der Waals surface area (Å²) < 4.78 is 0. The van der Waals surface area contributed by atoms with E-state index in [1.807, 2.05) is 18.5 Å². The summed E-state index contributed by atoms with van der Waals surface area (Å²) in [5.41, 5.74) is 1.00. The minimum absolute atomic E-state index is 0.231. The van der Waals surface area contributed by atoms with Gasteiger partial charge >= 0.3 is 0 Å². The number of nitrogens with zero attached hydrogens (tertiary/aromatic N) is 4. The number of carbonyl (C=O) groups excluding carboxylic acids is 1. The van der Waals surface area contributed by atoms with Crippen LogP contribution in [0.15, 0.2) is 36.7 Å². The van der Waals surface area contributed by atoms with Gasteiger partial charge in [0, 0.05) is 57.7 Å². The first-order valence-electron chi connectivity index (χ1n) is 9.95. The van der Waals surface area contributed by atoms with Gasteiger partial charge in [0.15, 0.2) is 0 Å². The Kier molecular flexibility index (Phi) is 5.09. The van der Waals surface area contributed by atoms with Gasteiger partial charge < -0.3 is 9.80 Å². The third-order valence-electron chi connectivity index (χ3n) is 6.49. The van der Waals surface area contributed by atoms with Gasteiger partial charge in [-0.1, -0.05) is 24.6 Å². The summed E-state index contributed by atoms with van der Waals surface area (Å²) in [7, 11) is 2.14. The molecule has 5 nitrogen and oxygen atoms in total. The summed E-state index contributed by atoms with van der Waals surface area (Å²) in [6.45, 7) is 5.52. The Morgan fingerprint density at radius 2 is 2.12 bits per heavy atom. The zero-order valence-corrected chi connectivity index (χ0v) is 15.8. The van der Waals surface area contributed by atoms with Gasteiger partial charge in [0.05, 0.1) is 5.41 Å². The Hall–Kier alpha value is -1.72. The number of rotatable bonds is 3. The number of hydrogen-bond acceptors (Lipinski definition) is 4. The highest BCUT2D eigenvalue weighted by atomic mass is 16.2. The lowest BCUT2D eigenvalue weighted by Gasteiger charge is -2.43. The van der Waals surface area contributed by atoms with E-state index in [1.54, 1.807) is 0 Å². The molecule has 0 aromatic carbocycles. The molecule has 26 heavy (non-hydrogen) atoms. The minimum Gasteiger partial charge on any atom is -0.340 e. The standard InChI is InChI=1S/C21H30N4O/c1-23-12-14-24(15-13-23)20(26)21-8-2-3-11-25(19(21)7-4-9-21)17-18-6-5-10-22-16-18/h2-3,5-6,10,16,19H,4,7-9,11-15,17H2,1H3/t19-,21-/m1/s1. The molecule has 3 aliphatic rings. The fourth-order valence-corrected chi connectivity index (χ4v) is 5.02. The van der Waals surface area contributed by atoms with E-state index in [9.17, 15) is 4.79 Å². The van der Waals surface area contributed by atoms with Crippen LogP contribution in [0.25, 0.3) is 0 Å². The van der Waals surface area contributed by atoms with Gasteiger partial charge in [0.25, 0.3) is 0 Å². The molecule has 2 aliphatic heterocycles. The molecule has 2 atom stereocenters. The lowest BCUT2D eigenvalue weighted by molar-refractivity contribution is -0.146. The highest BCUT2D eigenvalue weighted by Crippen LogP contribution is 2.47. The van der Waals surface area contributed by atoms with E-state index in [-0.39, 0.29) is 5.41 Å². The highest BCUT2D eigenvalue weighted by molar-refractivity contribution is 5.84. The number of amides is 1. The van der Waals surface area contributed by atoms with E-state index in [1.165, 1.54) is 5.56 Å². The summed E-state index contributed by atoms with van der Waals surface area (Å²) in [6.07, 6.45) is 12.5. The van der Waals surface area contributed by atoms with Crippen molar-refractivity contribution in [2.45, 2.75) is 38.3 Å². The van der Waals surface area contributed by atoms with Crippen molar-refractivity contribution < 1.29 is 4.79 Å². The van der Waals surface area contributed by atoms with E-state index in [0.717, 1.165) is 65.0 Å². The van der Waals surface area contributed by atoms with Crippen LogP contribution >= 0.6 is 0 Å². The Bertz CT molecular complexity index is 653. The van der Waals surface area contributed by atoms with Crippen molar-refractivity contribution in [3.8, 4) is 0 Å². The number of allylic oxidation sites excluding steroid dienone is 1. The first-order chi connectivity index (χ1) is 12.7. The number of likely N-dealkylation sites (N-methyl/N-ethyl adjacent to an activating group) is 1. The molecule has 1 saturated heterocycles. The summed E-state index contributed by atoms with van der Waals surface area (Å²) in [4.78, 5) is 24.9. The number of piperazine rings is 1. The van der Waals surface area contributed by atoms with Crippen molar-refractivity contribution in [3.05, 3.63) is 42.2 Å². The van der Waals surface area contributed by atoms with E-state index in [4.69, 9.17) is 0 Å². The predicted octanol–water partition coefficient (Wildman–Crippen LogP) is 2.16. The van der Waals surface area contributed by atoms with Gasteiger partial charge in [-0.15, -0.1) is 0 Å². The Labute approximate surface area is 156 Å². The molecule has 0 spiro atoms. The maximum atomic E-state index is 13.6. The number of fused-ring (bicyclic) bond motifs is 1. The third-order valence-corrected chi connectivity index (χ3v) is 6.49. The Morgan fingerprint density at radius 3 is 2.88 bits per heavy atom. The summed E-state index contributed by atoms with van der Waals surface area (Å²) in [6, 6.07) is 4.48. The Balaban J connectivity index is 1.57. The lowest BCUT2D eigenvalue weighted by atomic mass is 9.77. The Morgan fingerprint density at radius 1 is 1.27 bits per heavy atom. The van der Waals surface area contributed by atoms with E-state index in [2.05, 4.69) is 44.9 Å². The van der Waals surface area contributed by atoms with Crippen LogP contribution in [0, 0.1) is 5.41 Å². The molecule has 140 valence electrons. The van der Waals surface area contributed by atoms with Crippen LogP contribution in [0.1, 0.15) is 31.2 Å². The molecular weight excluding hydrogens is 324 g/mol. The van der Waals surface area contributed by atoms with Gasteiger partial charge in [0.2, 0.25) is 5.91 Å². The fourth-order valence-electron chi connectivity index (χ4n) is 5.02. The molecular formula is C21H30N4O. The highest BCUT2D eigenvalue weighted by Gasteiger charge is 2.52. The van der Waals surface area contributed by atoms with Crippen LogP contribution in [0.3, 0.4) is 0 Å². The number of carbonyl (C=O) groups is 1. The summed E-state index contributed by atoms with van der Waals surface area (Å²) >= 11 is 0. The van der Waals surface area contributed by atoms with Crippen LogP contribution in [-0.2, 0) is 11.3 Å². The quantitative estimate of drug-likeness (QED) is 0.780. The SMILES string of the molecule is CN1CCN(C(=O)[C@@]23CC=CCN(Cc4cccnc4)[C@@H]2CCC3)CC1. The molecule has 2 fully saturated rings. The van der Waals surface area contributed by atoms with Crippen LogP contribution in [0.4, 0.5) is 0 Å². The molecule has 0 unspecified atom stereocenters. The molecule has 0 radical (unpaired) electrons. The largest absolute Gasteiger partial charge is 0.340 e. The second kappa shape index (κ2) is 7.49. The van der Waals surface area contributed by atoms with Gasteiger partial charge in [-0.3, -0.25) is 14.7 Å². The molecule has 0 N–H and O–H groups in total. The molecule has 1 aromatic heterocycles. The van der Waals surface area contributed by atoms with Crippen molar-refractivity contribution >= 4 is 5.91 Å². The average Bonchev–Trinajstić information content (AvgIpc) is 3.02. The van der Waals surface area contributed by atoms with Crippen LogP contribution in [-0.4, -0.2) is 71.4 Å². The molecule has 1 amide bonds. The number of hydrogen-bond donors (Lipinski definition) is 0. The summed E-state index contributed by atoms with van der Waals surface area (Å²) in [5.74, 6) is 0.399. The molecule has 3 heterocycles. The fraction of sp³-hybridized carbons (Fsp3) is 0.619. The molecule has 4 rings (SSSR count). The monoisotopic (exact) mass is 354 g/mol. The third kappa shape index (κ3) is 3.30. The van der Waals surface area contributed by atoms with Crippen molar-refractivity contribution in [1.29, 1.82) is 0 Å². The molecule has 0 bridgehead atoms. The van der Waals surface area contributed by atoms with Crippen molar-refractivity contribution in [1.82, 2.24) is 19.7 Å². The normalized spacial score (nSPS) is 30.2. The van der Waals surface area contributed by atoms with E-state index in [0.29, 0.717) is 11.9 Å². The van der Waals surface area contributed by atoms with Crippen molar-refractivity contribution in [2.24, 2.45) is 5.41 Å². The topological polar surface area (TPSA) is 39.7 Å². The minimum atomic E-state index is -0.231. The number of aromatic nitrogens is 1. The van der Waals surface area contributed by atoms with Crippen molar-refractivity contribution in [3.63, 3.8) is 0 Å². The lowest BCUT2D eigenvalue weighted by Crippen LogP contribution is -2.56. The second-order valence-electron chi connectivity index (χ2n) is 8.13. The zero-order chi connectivity index (χ0) is 18.0. The van der Waals surface area contributed by atoms with Gasteiger partial charge in [-0.2, -0.15) is 0 Å². The molecule has 5 heteroatoms. The van der Waals surface area contributed by atoms with Crippen LogP contribution in [0.2, 0.25) is 0 Å².